The van der Waals surface area contributed by atoms with Crippen molar-refractivity contribution in [1.82, 2.24) is 4.57 Å². The van der Waals surface area contributed by atoms with Gasteiger partial charge >= 0.3 is 0 Å². The normalized spacial score (nSPS) is 17.2. The van der Waals surface area contributed by atoms with E-state index in [1.54, 1.807) is 6.07 Å². The molecule has 1 aromatic heterocycles. The zero-order valence-corrected chi connectivity index (χ0v) is 26.8. The summed E-state index contributed by atoms with van der Waals surface area (Å²) in [5.41, 5.74) is -0.913. The summed E-state index contributed by atoms with van der Waals surface area (Å²) in [6.45, 7) is -1.31. The summed E-state index contributed by atoms with van der Waals surface area (Å²) in [6, 6.07) is 13.3. The highest BCUT2D eigenvalue weighted by Gasteiger charge is 2.40. The molecule has 0 unspecified atom stereocenters. The molecule has 2 aliphatic rings. The Kier molecular flexibility index (Phi) is 3.38. The molecule has 240 valence electrons. The Morgan fingerprint density at radius 2 is 1.06 bits per heavy atom. The van der Waals surface area contributed by atoms with Crippen molar-refractivity contribution in [3.63, 3.8) is 0 Å². The zero-order valence-electron chi connectivity index (χ0n) is 42.8. The first-order chi connectivity index (χ1) is 32.5. The Morgan fingerprint density at radius 1 is 0.442 bits per heavy atom. The highest BCUT2D eigenvalue weighted by Crippen LogP contribution is 2.42. The third kappa shape index (κ3) is 3.81. The van der Waals surface area contributed by atoms with Crippen LogP contribution in [0.5, 0.6) is 23.0 Å². The van der Waals surface area contributed by atoms with Crippen LogP contribution in [-0.2, 0) is 0 Å². The van der Waals surface area contributed by atoms with Gasteiger partial charge < -0.3 is 14.0 Å². The maximum absolute atomic E-state index is 9.90. The number of hydrogen-bond acceptors (Lipinski definition) is 2. The molecule has 12 rings (SSSR count). The molecule has 9 aromatic carbocycles. The number of hydrogen-bond donors (Lipinski definition) is 0. The summed E-state index contributed by atoms with van der Waals surface area (Å²) in [7, 11) is 0. The number of ether oxygens (including phenoxy) is 2. The van der Waals surface area contributed by atoms with Gasteiger partial charge in [-0.2, -0.15) is 0 Å². The predicted octanol–water partition coefficient (Wildman–Crippen LogP) is 10.6. The van der Waals surface area contributed by atoms with E-state index in [1.165, 1.54) is 6.07 Å². The lowest BCUT2D eigenvalue weighted by molar-refractivity contribution is 0.464. The van der Waals surface area contributed by atoms with E-state index < -0.39 is 109 Å². The quantitative estimate of drug-likeness (QED) is 0.134. The summed E-state index contributed by atoms with van der Waals surface area (Å²) >= 11 is 0. The molecule has 2 aliphatic heterocycles. The van der Waals surface area contributed by atoms with E-state index in [9.17, 15) is 9.60 Å². The Hall–Kier alpha value is -6.78. The van der Waals surface area contributed by atoms with Gasteiger partial charge in [-0.15, -0.1) is 0 Å². The minimum atomic E-state index is -1.31. The molecule has 0 amide bonds. The van der Waals surface area contributed by atoms with E-state index in [0.29, 0.717) is 5.56 Å². The minimum absolute atomic E-state index is 0.00868. The lowest BCUT2D eigenvalue weighted by Crippen LogP contribution is -2.57. The van der Waals surface area contributed by atoms with Gasteiger partial charge in [-0.05, 0) is 90.6 Å². The van der Waals surface area contributed by atoms with Gasteiger partial charge in [0.1, 0.15) is 23.0 Å². The second-order valence-corrected chi connectivity index (χ2v) is 12.8. The fourth-order valence-corrected chi connectivity index (χ4v) is 7.86. The topological polar surface area (TPSA) is 23.4 Å². The Labute approximate surface area is 322 Å². The smallest absolute Gasteiger partial charge is 0.260 e. The molecule has 0 N–H and O–H groups in total. The molecular weight excluding hydrogens is 633 g/mol. The number of benzene rings is 9. The molecular formula is C48H28BNO2. The van der Waals surface area contributed by atoms with Crippen LogP contribution in [0, 0.1) is 0 Å². The molecule has 4 heteroatoms. The predicted molar refractivity (Wildman–Crippen MR) is 216 cm³/mol. The van der Waals surface area contributed by atoms with E-state index in [4.69, 9.17) is 21.8 Å². The van der Waals surface area contributed by atoms with Crippen molar-refractivity contribution in [2.24, 2.45) is 0 Å². The molecule has 0 aliphatic carbocycles. The van der Waals surface area contributed by atoms with E-state index in [-0.39, 0.29) is 67.0 Å². The molecule has 0 saturated carbocycles. The molecule has 0 spiro atoms. The number of nitrogens with zero attached hydrogens (tertiary/aromatic N) is 1. The molecule has 10 aromatic rings. The van der Waals surface area contributed by atoms with Crippen LogP contribution in [0.25, 0.3) is 70.9 Å². The largest absolute Gasteiger partial charge is 0.458 e. The van der Waals surface area contributed by atoms with Gasteiger partial charge in [-0.1, -0.05) is 121 Å². The van der Waals surface area contributed by atoms with Crippen LogP contribution in [0.4, 0.5) is 0 Å². The summed E-state index contributed by atoms with van der Waals surface area (Å²) < 4.78 is 159. The van der Waals surface area contributed by atoms with Crippen LogP contribution in [0.1, 0.15) is 21.9 Å². The van der Waals surface area contributed by atoms with E-state index in [1.807, 2.05) is 60.7 Å². The summed E-state index contributed by atoms with van der Waals surface area (Å²) in [4.78, 5) is 0. The van der Waals surface area contributed by atoms with Crippen LogP contribution in [0.2, 0.25) is 0 Å². The van der Waals surface area contributed by atoms with Crippen molar-refractivity contribution < 1.29 is 31.4 Å². The van der Waals surface area contributed by atoms with Crippen molar-refractivity contribution in [1.29, 1.82) is 0 Å². The van der Waals surface area contributed by atoms with Crippen molar-refractivity contribution in [3.05, 3.63) is 169 Å². The summed E-state index contributed by atoms with van der Waals surface area (Å²) in [5, 5.41) is 5.22. The standard InChI is InChI=1S/C48H28BNO2/c1-2-13-34-32(11-1)33-12-3-4-14-35(33)38-25-29(21-23-36(34)38)30-22-24-43-39(26-30)37-15-5-8-18-42(37)50(43)31-27-46-48-47(28-31)52-45-20-10-7-17-41(45)49(48)40-16-6-9-19-44(40)51-46/h1-28H/i5D,6D,7D,8D,9D,10D,15D,16D,18D,19D,20D,22D,24D,26D,27D,28D. The van der Waals surface area contributed by atoms with E-state index in [2.05, 4.69) is 0 Å². The molecule has 3 heterocycles. The van der Waals surface area contributed by atoms with Crippen molar-refractivity contribution >= 4 is 77.2 Å². The van der Waals surface area contributed by atoms with Crippen molar-refractivity contribution in [2.75, 3.05) is 0 Å². The van der Waals surface area contributed by atoms with Crippen LogP contribution in [-0.4, -0.2) is 11.3 Å². The average molecular weight is 678 g/mol. The molecule has 0 bridgehead atoms. The van der Waals surface area contributed by atoms with Crippen molar-refractivity contribution in [2.45, 2.75) is 0 Å². The van der Waals surface area contributed by atoms with Gasteiger partial charge in [-0.3, -0.25) is 0 Å². The second kappa shape index (κ2) is 10.4. The summed E-state index contributed by atoms with van der Waals surface area (Å²) in [5.74, 6) is -1.48. The van der Waals surface area contributed by atoms with Gasteiger partial charge in [0.05, 0.1) is 38.7 Å². The molecule has 52 heavy (non-hydrogen) atoms. The fraction of sp³-hybridized carbons (Fsp3) is 0. The third-order valence-corrected chi connectivity index (χ3v) is 10.1. The maximum Gasteiger partial charge on any atom is 0.260 e. The first kappa shape index (κ1) is 17.0. The molecule has 0 atom stereocenters. The summed E-state index contributed by atoms with van der Waals surface area (Å²) in [6.07, 6.45) is 0. The van der Waals surface area contributed by atoms with Gasteiger partial charge in [0.2, 0.25) is 0 Å². The van der Waals surface area contributed by atoms with Crippen LogP contribution in [0.15, 0.2) is 169 Å². The number of aromatic nitrogens is 1. The van der Waals surface area contributed by atoms with Gasteiger partial charge in [0.15, 0.2) is 0 Å². The zero-order chi connectivity index (χ0) is 47.8. The molecule has 3 nitrogen and oxygen atoms in total. The van der Waals surface area contributed by atoms with Gasteiger partial charge in [0.25, 0.3) is 6.71 Å². The highest BCUT2D eigenvalue weighted by molar-refractivity contribution is 6.98. The Bertz CT molecular complexity index is 4020. The van der Waals surface area contributed by atoms with Crippen molar-refractivity contribution in [3.8, 4) is 39.8 Å². The lowest BCUT2D eigenvalue weighted by atomic mass is 9.35. The SMILES string of the molecule is [2H]c1cc2c(c([2H])c1[2H])Oc1c([2H])c(-n3c4c([2H])c([2H])c([2H])c([2H])c4c4c([2H])c(-c5ccc6c7ccccc7c7ccccc7c6c5)c([2H])c([2H])c43)c([2H])c3c1B2c1c([2H])c([2H])c([2H])c([2H])c1O3. The first-order valence-electron chi connectivity index (χ1n) is 24.6. The minimum Gasteiger partial charge on any atom is -0.458 e. The van der Waals surface area contributed by atoms with E-state index in [0.717, 1.165) is 36.9 Å². The van der Waals surface area contributed by atoms with Crippen LogP contribution >= 0.6 is 0 Å². The first-order valence-corrected chi connectivity index (χ1v) is 16.6. The molecule has 0 radical (unpaired) electrons. The van der Waals surface area contributed by atoms with E-state index >= 15 is 0 Å². The maximum atomic E-state index is 9.90. The Balaban J connectivity index is 1.21. The van der Waals surface area contributed by atoms with Gasteiger partial charge in [0, 0.05) is 28.3 Å². The Morgan fingerprint density at radius 3 is 1.83 bits per heavy atom. The molecule has 0 saturated heterocycles. The average Bonchev–Trinajstić information content (AvgIpc) is 3.70. The molecule has 0 fully saturated rings. The van der Waals surface area contributed by atoms with Crippen LogP contribution < -0.4 is 25.9 Å². The monoisotopic (exact) mass is 677 g/mol. The lowest BCUT2D eigenvalue weighted by Gasteiger charge is -2.33. The highest BCUT2D eigenvalue weighted by atomic mass is 16.5. The number of rotatable bonds is 2. The van der Waals surface area contributed by atoms with Crippen LogP contribution in [0.3, 0.4) is 0 Å². The number of para-hydroxylation sites is 3. The second-order valence-electron chi connectivity index (χ2n) is 12.8. The van der Waals surface area contributed by atoms with Gasteiger partial charge in [-0.25, -0.2) is 0 Å². The fourth-order valence-electron chi connectivity index (χ4n) is 7.86. The number of fused-ring (bicyclic) bond motifs is 13. The third-order valence-electron chi connectivity index (χ3n) is 10.1.